The molecule has 1 unspecified atom stereocenters. The number of methoxy groups -OCH3 is 2. The van der Waals surface area contributed by atoms with E-state index in [-0.39, 0.29) is 11.4 Å². The third-order valence-electron chi connectivity index (χ3n) is 2.37. The summed E-state index contributed by atoms with van der Waals surface area (Å²) in [7, 11) is 3.57. The number of carbonyl (C=O) groups excluding carboxylic acids is 1. The lowest BCUT2D eigenvalue weighted by atomic mass is 10.1. The van der Waals surface area contributed by atoms with Gasteiger partial charge in [0.1, 0.15) is 11.5 Å². The maximum Gasteiger partial charge on any atom is 0.224 e. The van der Waals surface area contributed by atoms with E-state index in [0.29, 0.717) is 14.7 Å². The molecular formula is C14H22NO3P. The molecule has 0 spiro atoms. The van der Waals surface area contributed by atoms with Crippen molar-refractivity contribution in [3.05, 3.63) is 18.2 Å². The first kappa shape index (κ1) is 15.8. The van der Waals surface area contributed by atoms with Crippen LogP contribution in [0.5, 0.6) is 11.5 Å². The summed E-state index contributed by atoms with van der Waals surface area (Å²) in [5, 5.41) is 3.91. The van der Waals surface area contributed by atoms with Gasteiger partial charge in [-0.3, -0.25) is 4.79 Å². The highest BCUT2D eigenvalue weighted by molar-refractivity contribution is 7.48. The molecular weight excluding hydrogens is 261 g/mol. The van der Waals surface area contributed by atoms with Crippen LogP contribution in [0.25, 0.3) is 0 Å². The van der Waals surface area contributed by atoms with E-state index in [0.717, 1.165) is 16.8 Å². The molecule has 5 heteroatoms. The van der Waals surface area contributed by atoms with Crippen LogP contribution >= 0.6 is 8.58 Å². The van der Waals surface area contributed by atoms with Gasteiger partial charge < -0.3 is 14.8 Å². The summed E-state index contributed by atoms with van der Waals surface area (Å²) >= 11 is 0. The van der Waals surface area contributed by atoms with E-state index in [4.69, 9.17) is 9.47 Å². The quantitative estimate of drug-likeness (QED) is 0.840. The maximum absolute atomic E-state index is 11.8. The topological polar surface area (TPSA) is 47.6 Å². The van der Waals surface area contributed by atoms with Crippen molar-refractivity contribution in [3.8, 4) is 11.5 Å². The number of hydrogen-bond donors (Lipinski definition) is 1. The molecule has 1 aromatic rings. The third-order valence-corrected chi connectivity index (χ3v) is 3.71. The third kappa shape index (κ3) is 5.07. The molecule has 0 aliphatic carbocycles. The minimum absolute atomic E-state index is 0.0405. The molecule has 19 heavy (non-hydrogen) atoms. The number of carbonyl (C=O) groups is 1. The van der Waals surface area contributed by atoms with Crippen molar-refractivity contribution in [2.45, 2.75) is 26.3 Å². The Labute approximate surface area is 116 Å². The Bertz CT molecular complexity index is 419. The second-order valence-corrected chi connectivity index (χ2v) is 6.40. The van der Waals surface area contributed by atoms with Crippen molar-refractivity contribution in [1.29, 1.82) is 0 Å². The van der Waals surface area contributed by atoms with Crippen molar-refractivity contribution in [3.63, 3.8) is 0 Å². The molecule has 0 radical (unpaired) electrons. The number of benzene rings is 1. The second kappa shape index (κ2) is 6.76. The summed E-state index contributed by atoms with van der Waals surface area (Å²) in [4.78, 5) is 11.8. The van der Waals surface area contributed by atoms with Gasteiger partial charge in [-0.1, -0.05) is 14.6 Å². The lowest BCUT2D eigenvalue weighted by Gasteiger charge is -2.20. The molecule has 1 amide bonds. The first-order valence-corrected chi connectivity index (χ1v) is 7.34. The summed E-state index contributed by atoms with van der Waals surface area (Å²) in [6, 6.07) is 5.64. The van der Waals surface area contributed by atoms with Crippen molar-refractivity contribution in [2.24, 2.45) is 0 Å². The minimum atomic E-state index is -0.202. The molecule has 1 atom stereocenters. The molecule has 0 aliphatic rings. The van der Waals surface area contributed by atoms with Crippen LogP contribution in [0.2, 0.25) is 0 Å². The molecule has 4 nitrogen and oxygen atoms in total. The monoisotopic (exact) mass is 283 g/mol. The van der Waals surface area contributed by atoms with E-state index in [1.807, 2.05) is 39.0 Å². The molecule has 1 N–H and O–H groups in total. The van der Waals surface area contributed by atoms with Gasteiger partial charge in [-0.25, -0.2) is 0 Å². The summed E-state index contributed by atoms with van der Waals surface area (Å²) in [6.07, 6.45) is 0.438. The van der Waals surface area contributed by atoms with Crippen LogP contribution in [-0.2, 0) is 4.79 Å². The molecule has 0 fully saturated rings. The van der Waals surface area contributed by atoms with Gasteiger partial charge in [0.15, 0.2) is 0 Å². The molecule has 1 aromatic carbocycles. The zero-order valence-corrected chi connectivity index (χ0v) is 13.2. The molecule has 0 heterocycles. The zero-order chi connectivity index (χ0) is 14.5. The van der Waals surface area contributed by atoms with Crippen LogP contribution in [0.4, 0.5) is 0 Å². The van der Waals surface area contributed by atoms with Gasteiger partial charge in [0, 0.05) is 11.7 Å². The van der Waals surface area contributed by atoms with Crippen LogP contribution in [-0.4, -0.2) is 31.8 Å². The Kier molecular flexibility index (Phi) is 5.61. The fourth-order valence-electron chi connectivity index (χ4n) is 1.66. The van der Waals surface area contributed by atoms with Crippen molar-refractivity contribution >= 4 is 19.8 Å². The van der Waals surface area contributed by atoms with E-state index in [1.165, 1.54) is 0 Å². The molecule has 0 bridgehead atoms. The highest BCUT2D eigenvalue weighted by Crippen LogP contribution is 2.26. The molecule has 106 valence electrons. The van der Waals surface area contributed by atoms with Crippen LogP contribution in [0, 0.1) is 0 Å². The standard InChI is InChI=1S/C14H22NO3P/c1-14(2,3)15-12(16)9-19-13-10(17-4)7-6-8-11(13)18-5/h6-8,19H,9H2,1-5H3,(H,15,16). The SMILES string of the molecule is COc1cccc(OC)c1PCC(=O)NC(C)(C)C. The van der Waals surface area contributed by atoms with E-state index in [2.05, 4.69) is 5.32 Å². The van der Waals surface area contributed by atoms with Gasteiger partial charge in [0.05, 0.1) is 19.5 Å². The smallest absolute Gasteiger partial charge is 0.224 e. The average Bonchev–Trinajstić information content (AvgIpc) is 2.33. The molecule has 0 aromatic heterocycles. The molecule has 0 saturated carbocycles. The fraction of sp³-hybridized carbons (Fsp3) is 0.500. The van der Waals surface area contributed by atoms with Gasteiger partial charge in [-0.05, 0) is 32.9 Å². The Balaban J connectivity index is 2.74. The lowest BCUT2D eigenvalue weighted by molar-refractivity contribution is -0.119. The van der Waals surface area contributed by atoms with Crippen LogP contribution in [0.15, 0.2) is 18.2 Å². The summed E-state index contributed by atoms with van der Waals surface area (Å²) in [5.41, 5.74) is -0.202. The summed E-state index contributed by atoms with van der Waals surface area (Å²) in [5.74, 6) is 1.57. The predicted molar refractivity (Wildman–Crippen MR) is 80.3 cm³/mol. The normalized spacial score (nSPS) is 11.6. The minimum Gasteiger partial charge on any atom is -0.496 e. The highest BCUT2D eigenvalue weighted by atomic mass is 31.1. The van der Waals surface area contributed by atoms with E-state index in [9.17, 15) is 4.79 Å². The summed E-state index contributed by atoms with van der Waals surface area (Å²) < 4.78 is 10.6. The summed E-state index contributed by atoms with van der Waals surface area (Å²) in [6.45, 7) is 5.91. The van der Waals surface area contributed by atoms with Gasteiger partial charge in [-0.2, -0.15) is 0 Å². The number of rotatable bonds is 5. The largest absolute Gasteiger partial charge is 0.496 e. The number of hydrogen-bond acceptors (Lipinski definition) is 3. The Morgan fingerprint density at radius 3 is 2.16 bits per heavy atom. The van der Waals surface area contributed by atoms with Crippen LogP contribution in [0.3, 0.4) is 0 Å². The van der Waals surface area contributed by atoms with Gasteiger partial charge in [-0.15, -0.1) is 0 Å². The highest BCUT2D eigenvalue weighted by Gasteiger charge is 2.16. The van der Waals surface area contributed by atoms with Crippen molar-refractivity contribution < 1.29 is 14.3 Å². The Morgan fingerprint density at radius 2 is 1.74 bits per heavy atom. The van der Waals surface area contributed by atoms with Crippen molar-refractivity contribution in [1.82, 2.24) is 5.32 Å². The van der Waals surface area contributed by atoms with E-state index >= 15 is 0 Å². The molecule has 1 rings (SSSR count). The fourth-order valence-corrected chi connectivity index (χ4v) is 2.80. The van der Waals surface area contributed by atoms with E-state index in [1.54, 1.807) is 14.2 Å². The Morgan fingerprint density at radius 1 is 1.21 bits per heavy atom. The second-order valence-electron chi connectivity index (χ2n) is 5.19. The van der Waals surface area contributed by atoms with Crippen molar-refractivity contribution in [2.75, 3.05) is 20.4 Å². The van der Waals surface area contributed by atoms with Gasteiger partial charge in [0.2, 0.25) is 5.91 Å². The van der Waals surface area contributed by atoms with Crippen LogP contribution in [0.1, 0.15) is 20.8 Å². The first-order valence-electron chi connectivity index (χ1n) is 6.13. The van der Waals surface area contributed by atoms with E-state index < -0.39 is 0 Å². The molecule has 0 saturated heterocycles. The Hall–Kier alpha value is -1.28. The maximum atomic E-state index is 11.8. The predicted octanol–water partition coefficient (Wildman–Crippen LogP) is 1.92. The zero-order valence-electron chi connectivity index (χ0n) is 12.2. The number of ether oxygens (including phenoxy) is 2. The van der Waals surface area contributed by atoms with Gasteiger partial charge in [0.25, 0.3) is 0 Å². The number of amides is 1. The van der Waals surface area contributed by atoms with Crippen LogP contribution < -0.4 is 20.1 Å². The number of nitrogens with one attached hydrogen (secondary N) is 1. The average molecular weight is 283 g/mol. The molecule has 0 aliphatic heterocycles. The first-order chi connectivity index (χ1) is 8.87. The van der Waals surface area contributed by atoms with Gasteiger partial charge >= 0.3 is 0 Å². The lowest BCUT2D eigenvalue weighted by Crippen LogP contribution is -2.41.